The van der Waals surface area contributed by atoms with Gasteiger partial charge in [-0.05, 0) is 48.6 Å². The maximum absolute atomic E-state index is 12.2. The fourth-order valence-electron chi connectivity index (χ4n) is 3.34. The number of amides is 1. The molecule has 1 fully saturated rings. The average Bonchev–Trinajstić information content (AvgIpc) is 2.54. The Morgan fingerprint density at radius 1 is 1.12 bits per heavy atom. The summed E-state index contributed by atoms with van der Waals surface area (Å²) >= 11 is 5.98. The van der Waals surface area contributed by atoms with E-state index in [-0.39, 0.29) is 11.3 Å². The molecule has 0 spiro atoms. The molecule has 0 aliphatic heterocycles. The SMILES string of the molecule is Nc1ccccc1CCC(=O)NCC1(c2ccc(Cl)cc2)CCC1. The van der Waals surface area contributed by atoms with E-state index in [0.29, 0.717) is 19.4 Å². The van der Waals surface area contributed by atoms with Crippen molar-refractivity contribution in [3.63, 3.8) is 0 Å². The van der Waals surface area contributed by atoms with Crippen LogP contribution in [-0.2, 0) is 16.6 Å². The number of aryl methyl sites for hydroxylation is 1. The molecule has 0 saturated heterocycles. The summed E-state index contributed by atoms with van der Waals surface area (Å²) in [6, 6.07) is 15.7. The normalized spacial score (nSPS) is 15.5. The van der Waals surface area contributed by atoms with Crippen LogP contribution < -0.4 is 11.1 Å². The third-order valence-electron chi connectivity index (χ3n) is 5.07. The Kier molecular flexibility index (Phi) is 5.10. The maximum atomic E-state index is 12.2. The van der Waals surface area contributed by atoms with E-state index in [4.69, 9.17) is 17.3 Å². The number of carbonyl (C=O) groups is 1. The van der Waals surface area contributed by atoms with Crippen molar-refractivity contribution in [3.8, 4) is 0 Å². The van der Waals surface area contributed by atoms with Gasteiger partial charge >= 0.3 is 0 Å². The van der Waals surface area contributed by atoms with Gasteiger partial charge in [-0.3, -0.25) is 4.79 Å². The molecule has 4 heteroatoms. The molecule has 1 amide bonds. The van der Waals surface area contributed by atoms with Crippen molar-refractivity contribution in [3.05, 3.63) is 64.7 Å². The predicted octanol–water partition coefficient (Wildman–Crippen LogP) is 4.09. The van der Waals surface area contributed by atoms with Crippen molar-refractivity contribution in [1.82, 2.24) is 5.32 Å². The maximum Gasteiger partial charge on any atom is 0.220 e. The lowest BCUT2D eigenvalue weighted by Gasteiger charge is -2.42. The molecule has 3 N–H and O–H groups in total. The molecular formula is C20H23ClN2O. The lowest BCUT2D eigenvalue weighted by Crippen LogP contribution is -2.45. The highest BCUT2D eigenvalue weighted by atomic mass is 35.5. The molecule has 0 atom stereocenters. The van der Waals surface area contributed by atoms with Gasteiger partial charge in [0.15, 0.2) is 0 Å². The van der Waals surface area contributed by atoms with Crippen LogP contribution in [0.15, 0.2) is 48.5 Å². The van der Waals surface area contributed by atoms with E-state index in [2.05, 4.69) is 17.4 Å². The Labute approximate surface area is 148 Å². The largest absolute Gasteiger partial charge is 0.399 e. The summed E-state index contributed by atoms with van der Waals surface area (Å²) in [4.78, 5) is 12.2. The standard InChI is InChI=1S/C20H23ClN2O/c21-17-9-7-16(8-10-17)20(12-3-13-20)14-23-19(24)11-6-15-4-1-2-5-18(15)22/h1-2,4-5,7-10H,3,6,11-14,22H2,(H,23,24). The highest BCUT2D eigenvalue weighted by Gasteiger charge is 2.38. The second kappa shape index (κ2) is 7.27. The number of rotatable bonds is 6. The summed E-state index contributed by atoms with van der Waals surface area (Å²) in [6.45, 7) is 0.692. The molecule has 2 aromatic carbocycles. The molecule has 0 bridgehead atoms. The first kappa shape index (κ1) is 16.8. The van der Waals surface area contributed by atoms with E-state index < -0.39 is 0 Å². The van der Waals surface area contributed by atoms with Crippen molar-refractivity contribution < 1.29 is 4.79 Å². The Hall–Kier alpha value is -2.00. The minimum absolute atomic E-state index is 0.0754. The van der Waals surface area contributed by atoms with Crippen LogP contribution in [0.3, 0.4) is 0 Å². The Morgan fingerprint density at radius 2 is 1.83 bits per heavy atom. The van der Waals surface area contributed by atoms with Crippen LogP contribution in [0.1, 0.15) is 36.8 Å². The van der Waals surface area contributed by atoms with Gasteiger partial charge in [0, 0.05) is 29.1 Å². The molecule has 24 heavy (non-hydrogen) atoms. The molecule has 3 rings (SSSR count). The summed E-state index contributed by atoms with van der Waals surface area (Å²) in [5, 5.41) is 3.86. The third-order valence-corrected chi connectivity index (χ3v) is 5.32. The first-order valence-electron chi connectivity index (χ1n) is 8.45. The van der Waals surface area contributed by atoms with Crippen molar-refractivity contribution in [2.45, 2.75) is 37.5 Å². The smallest absolute Gasteiger partial charge is 0.220 e. The predicted molar refractivity (Wildman–Crippen MR) is 99.2 cm³/mol. The number of nitrogens with two attached hydrogens (primary N) is 1. The van der Waals surface area contributed by atoms with Crippen LogP contribution in [0.4, 0.5) is 5.69 Å². The number of nitrogen functional groups attached to an aromatic ring is 1. The van der Waals surface area contributed by atoms with Gasteiger partial charge in [0.25, 0.3) is 0 Å². The third kappa shape index (κ3) is 3.73. The monoisotopic (exact) mass is 342 g/mol. The number of anilines is 1. The molecule has 0 radical (unpaired) electrons. The van der Waals surface area contributed by atoms with Gasteiger partial charge < -0.3 is 11.1 Å². The molecular weight excluding hydrogens is 320 g/mol. The Balaban J connectivity index is 1.55. The first-order chi connectivity index (χ1) is 11.6. The van der Waals surface area contributed by atoms with E-state index in [1.54, 1.807) is 0 Å². The number of hydrogen-bond donors (Lipinski definition) is 2. The molecule has 0 unspecified atom stereocenters. The van der Waals surface area contributed by atoms with Crippen LogP contribution in [0.25, 0.3) is 0 Å². The van der Waals surface area contributed by atoms with Crippen LogP contribution in [0.5, 0.6) is 0 Å². The number of nitrogens with one attached hydrogen (secondary N) is 1. The number of carbonyl (C=O) groups excluding carboxylic acids is 1. The lowest BCUT2D eigenvalue weighted by atomic mass is 9.64. The molecule has 3 nitrogen and oxygen atoms in total. The second-order valence-corrected chi connectivity index (χ2v) is 7.05. The van der Waals surface area contributed by atoms with E-state index in [9.17, 15) is 4.79 Å². The van der Waals surface area contributed by atoms with Crippen LogP contribution in [0.2, 0.25) is 5.02 Å². The van der Waals surface area contributed by atoms with Gasteiger partial charge in [0.2, 0.25) is 5.91 Å². The Morgan fingerprint density at radius 3 is 2.46 bits per heavy atom. The van der Waals surface area contributed by atoms with Gasteiger partial charge in [-0.2, -0.15) is 0 Å². The second-order valence-electron chi connectivity index (χ2n) is 6.62. The van der Waals surface area contributed by atoms with E-state index in [1.165, 1.54) is 12.0 Å². The van der Waals surface area contributed by atoms with Crippen LogP contribution in [-0.4, -0.2) is 12.5 Å². The van der Waals surface area contributed by atoms with Gasteiger partial charge in [-0.1, -0.05) is 48.4 Å². The molecule has 1 saturated carbocycles. The topological polar surface area (TPSA) is 55.1 Å². The molecule has 0 aromatic heterocycles. The summed E-state index contributed by atoms with van der Waals surface area (Å²) in [6.07, 6.45) is 4.57. The quantitative estimate of drug-likeness (QED) is 0.777. The molecule has 1 aliphatic carbocycles. The average molecular weight is 343 g/mol. The minimum atomic E-state index is 0.0754. The minimum Gasteiger partial charge on any atom is -0.399 e. The van der Waals surface area contributed by atoms with Crippen LogP contribution in [0, 0.1) is 0 Å². The molecule has 126 valence electrons. The van der Waals surface area contributed by atoms with Gasteiger partial charge in [-0.15, -0.1) is 0 Å². The number of halogens is 1. The van der Waals surface area contributed by atoms with Crippen molar-refractivity contribution in [2.75, 3.05) is 12.3 Å². The highest BCUT2D eigenvalue weighted by Crippen LogP contribution is 2.43. The first-order valence-corrected chi connectivity index (χ1v) is 8.83. The van der Waals surface area contributed by atoms with Crippen molar-refractivity contribution >= 4 is 23.2 Å². The number of benzene rings is 2. The van der Waals surface area contributed by atoms with E-state index in [1.807, 2.05) is 36.4 Å². The van der Waals surface area contributed by atoms with Gasteiger partial charge in [0.05, 0.1) is 0 Å². The summed E-state index contributed by atoms with van der Waals surface area (Å²) in [5.74, 6) is 0.0819. The van der Waals surface area contributed by atoms with Crippen LogP contribution >= 0.6 is 11.6 Å². The zero-order valence-corrected chi connectivity index (χ0v) is 14.5. The number of para-hydroxylation sites is 1. The van der Waals surface area contributed by atoms with Crippen molar-refractivity contribution in [1.29, 1.82) is 0 Å². The fourth-order valence-corrected chi connectivity index (χ4v) is 3.47. The summed E-state index contributed by atoms with van der Waals surface area (Å²) in [5.41, 5.74) is 9.05. The van der Waals surface area contributed by atoms with Gasteiger partial charge in [-0.25, -0.2) is 0 Å². The molecule has 1 aliphatic rings. The number of hydrogen-bond acceptors (Lipinski definition) is 2. The van der Waals surface area contributed by atoms with Gasteiger partial charge in [0.1, 0.15) is 0 Å². The zero-order valence-electron chi connectivity index (χ0n) is 13.7. The van der Waals surface area contributed by atoms with E-state index >= 15 is 0 Å². The lowest BCUT2D eigenvalue weighted by molar-refractivity contribution is -0.121. The molecule has 2 aromatic rings. The fraction of sp³-hybridized carbons (Fsp3) is 0.350. The highest BCUT2D eigenvalue weighted by molar-refractivity contribution is 6.30. The zero-order chi connectivity index (χ0) is 17.0. The van der Waals surface area contributed by atoms with E-state index in [0.717, 1.165) is 29.1 Å². The summed E-state index contributed by atoms with van der Waals surface area (Å²) in [7, 11) is 0. The Bertz CT molecular complexity index is 708. The van der Waals surface area contributed by atoms with Crippen molar-refractivity contribution in [2.24, 2.45) is 0 Å². The summed E-state index contributed by atoms with van der Waals surface area (Å²) < 4.78 is 0. The molecule has 0 heterocycles.